The predicted octanol–water partition coefficient (Wildman–Crippen LogP) is 3.45. The Balaban J connectivity index is 1.42. The Morgan fingerprint density at radius 2 is 1.75 bits per heavy atom. The van der Waals surface area contributed by atoms with E-state index < -0.39 is 0 Å². The summed E-state index contributed by atoms with van der Waals surface area (Å²) in [6.07, 6.45) is 0.530. The van der Waals surface area contributed by atoms with Crippen LogP contribution in [-0.4, -0.2) is 33.4 Å². The first-order chi connectivity index (χ1) is 13.5. The molecule has 0 saturated carbocycles. The molecule has 1 aliphatic rings. The van der Waals surface area contributed by atoms with E-state index in [4.69, 9.17) is 0 Å². The second-order valence-electron chi connectivity index (χ2n) is 7.62. The summed E-state index contributed by atoms with van der Waals surface area (Å²) in [6, 6.07) is 14.8. The number of carbonyl (C=O) groups excluding carboxylic acids is 1. The number of hydrogen-bond acceptors (Lipinski definition) is 4. The highest BCUT2D eigenvalue weighted by molar-refractivity contribution is 5.86. The molecule has 3 aromatic rings. The summed E-state index contributed by atoms with van der Waals surface area (Å²) in [5.41, 5.74) is 5.04. The van der Waals surface area contributed by atoms with Gasteiger partial charge in [0.2, 0.25) is 5.91 Å². The molecular formula is C23H26N4O. The van der Waals surface area contributed by atoms with Crippen molar-refractivity contribution in [2.24, 2.45) is 0 Å². The summed E-state index contributed by atoms with van der Waals surface area (Å²) in [4.78, 5) is 23.7. The van der Waals surface area contributed by atoms with Crippen molar-refractivity contribution in [3.05, 3.63) is 70.8 Å². The van der Waals surface area contributed by atoms with Crippen LogP contribution in [-0.2, 0) is 17.9 Å². The molecule has 1 aromatic heterocycles. The number of hydrogen-bond donors (Lipinski definition) is 1. The zero-order chi connectivity index (χ0) is 19.7. The highest BCUT2D eigenvalue weighted by atomic mass is 16.2. The first-order valence-electron chi connectivity index (χ1n) is 9.80. The number of rotatable bonds is 5. The normalized spacial score (nSPS) is 16.9. The van der Waals surface area contributed by atoms with E-state index in [9.17, 15) is 4.79 Å². The van der Waals surface area contributed by atoms with Gasteiger partial charge in [-0.2, -0.15) is 0 Å². The lowest BCUT2D eigenvalue weighted by atomic mass is 10.0. The van der Waals surface area contributed by atoms with Crippen molar-refractivity contribution >= 4 is 16.7 Å². The van der Waals surface area contributed by atoms with Crippen molar-refractivity contribution in [1.29, 1.82) is 0 Å². The van der Waals surface area contributed by atoms with Crippen molar-refractivity contribution < 1.29 is 4.79 Å². The van der Waals surface area contributed by atoms with E-state index in [2.05, 4.69) is 51.7 Å². The summed E-state index contributed by atoms with van der Waals surface area (Å²) in [7, 11) is 0. The lowest BCUT2D eigenvalue weighted by Crippen LogP contribution is -2.32. The van der Waals surface area contributed by atoms with Crippen LogP contribution in [0, 0.1) is 20.8 Å². The molecule has 1 N–H and O–H groups in total. The summed E-state index contributed by atoms with van der Waals surface area (Å²) in [6.45, 7) is 7.97. The maximum atomic E-state index is 12.6. The van der Waals surface area contributed by atoms with E-state index in [0.717, 1.165) is 29.3 Å². The Morgan fingerprint density at radius 1 is 1.00 bits per heavy atom. The average molecular weight is 374 g/mol. The van der Waals surface area contributed by atoms with Gasteiger partial charge in [0.1, 0.15) is 0 Å². The lowest BCUT2D eigenvalue weighted by molar-refractivity contribution is -0.128. The van der Waals surface area contributed by atoms with Gasteiger partial charge in [-0.25, -0.2) is 0 Å². The van der Waals surface area contributed by atoms with Crippen molar-refractivity contribution in [2.75, 3.05) is 6.54 Å². The summed E-state index contributed by atoms with van der Waals surface area (Å²) in [5, 5.41) is 5.93. The monoisotopic (exact) mass is 374 g/mol. The number of aromatic nitrogens is 2. The van der Waals surface area contributed by atoms with Crippen molar-refractivity contribution in [2.45, 2.75) is 46.3 Å². The largest absolute Gasteiger partial charge is 0.337 e. The molecule has 0 unspecified atom stereocenters. The van der Waals surface area contributed by atoms with Crippen molar-refractivity contribution in [3.8, 4) is 0 Å². The van der Waals surface area contributed by atoms with Crippen LogP contribution in [0.2, 0.25) is 0 Å². The number of aryl methyl sites for hydroxylation is 3. The van der Waals surface area contributed by atoms with E-state index in [1.807, 2.05) is 31.7 Å². The fourth-order valence-electron chi connectivity index (χ4n) is 3.87. The zero-order valence-corrected chi connectivity index (χ0v) is 16.7. The summed E-state index contributed by atoms with van der Waals surface area (Å²) >= 11 is 0. The quantitative estimate of drug-likeness (QED) is 0.743. The molecule has 1 aliphatic heterocycles. The third-order valence-corrected chi connectivity index (χ3v) is 5.59. The molecule has 0 radical (unpaired) electrons. The first-order valence-corrected chi connectivity index (χ1v) is 9.80. The van der Waals surface area contributed by atoms with Gasteiger partial charge in [0, 0.05) is 32.1 Å². The molecule has 0 bridgehead atoms. The van der Waals surface area contributed by atoms with Crippen LogP contribution in [0.1, 0.15) is 34.8 Å². The highest BCUT2D eigenvalue weighted by Gasteiger charge is 2.29. The fourth-order valence-corrected chi connectivity index (χ4v) is 3.87. The number of nitrogens with one attached hydrogen (secondary N) is 1. The summed E-state index contributed by atoms with van der Waals surface area (Å²) in [5.74, 6) is 0.202. The minimum Gasteiger partial charge on any atom is -0.337 e. The van der Waals surface area contributed by atoms with Gasteiger partial charge in [0.25, 0.3) is 0 Å². The lowest BCUT2D eigenvalue weighted by Gasteiger charge is -2.18. The second kappa shape index (κ2) is 7.68. The number of likely N-dealkylation sites (tertiary alicyclic amines) is 1. The van der Waals surface area contributed by atoms with E-state index in [1.165, 1.54) is 16.3 Å². The molecule has 1 fully saturated rings. The molecule has 1 amide bonds. The molecule has 4 rings (SSSR count). The van der Waals surface area contributed by atoms with Crippen LogP contribution in [0.3, 0.4) is 0 Å². The Hall–Kier alpha value is -2.79. The number of benzene rings is 2. The maximum absolute atomic E-state index is 12.6. The van der Waals surface area contributed by atoms with Gasteiger partial charge < -0.3 is 10.2 Å². The van der Waals surface area contributed by atoms with Gasteiger partial charge in [-0.15, -0.1) is 0 Å². The van der Waals surface area contributed by atoms with E-state index in [1.54, 1.807) is 0 Å². The molecule has 1 saturated heterocycles. The number of nitrogens with zero attached hydrogens (tertiary/aromatic N) is 3. The van der Waals surface area contributed by atoms with Gasteiger partial charge in [0.15, 0.2) is 0 Å². The first kappa shape index (κ1) is 18.6. The fraction of sp³-hybridized carbons (Fsp3) is 0.348. The van der Waals surface area contributed by atoms with Crippen molar-refractivity contribution in [3.63, 3.8) is 0 Å². The Labute approximate surface area is 165 Å². The standard InChI is InChI=1S/C23H26N4O/c1-15-16(2)26-22(17(3)25-15)12-24-20-11-23(28)27(14-20)13-19-9-6-8-18-7-4-5-10-21(18)19/h4-10,20,24H,11-14H2,1-3H3/t20-/m1/s1. The second-order valence-corrected chi connectivity index (χ2v) is 7.62. The maximum Gasteiger partial charge on any atom is 0.224 e. The van der Waals surface area contributed by atoms with Gasteiger partial charge in [-0.05, 0) is 37.1 Å². The Kier molecular flexibility index (Phi) is 5.09. The van der Waals surface area contributed by atoms with Crippen LogP contribution in [0.5, 0.6) is 0 Å². The number of amides is 1. The molecule has 28 heavy (non-hydrogen) atoms. The molecular weight excluding hydrogens is 348 g/mol. The van der Waals surface area contributed by atoms with E-state index in [-0.39, 0.29) is 11.9 Å². The van der Waals surface area contributed by atoms with Crippen LogP contribution in [0.4, 0.5) is 0 Å². The van der Waals surface area contributed by atoms with Gasteiger partial charge in [-0.1, -0.05) is 42.5 Å². The third kappa shape index (κ3) is 3.76. The van der Waals surface area contributed by atoms with Crippen LogP contribution >= 0.6 is 0 Å². The average Bonchev–Trinajstić information content (AvgIpc) is 3.03. The molecule has 0 aliphatic carbocycles. The third-order valence-electron chi connectivity index (χ3n) is 5.59. The number of carbonyl (C=O) groups is 1. The SMILES string of the molecule is Cc1nc(C)c(CN[C@@H]2CC(=O)N(Cc3cccc4ccccc34)C2)nc1C. The van der Waals surface area contributed by atoms with Crippen LogP contribution in [0.25, 0.3) is 10.8 Å². The van der Waals surface area contributed by atoms with Crippen molar-refractivity contribution in [1.82, 2.24) is 20.2 Å². The molecule has 0 spiro atoms. The smallest absolute Gasteiger partial charge is 0.224 e. The summed E-state index contributed by atoms with van der Waals surface area (Å²) < 4.78 is 0. The van der Waals surface area contributed by atoms with Crippen LogP contribution < -0.4 is 5.32 Å². The minimum absolute atomic E-state index is 0.144. The zero-order valence-electron chi connectivity index (χ0n) is 16.7. The number of fused-ring (bicyclic) bond motifs is 1. The molecule has 5 nitrogen and oxygen atoms in total. The molecule has 2 aromatic carbocycles. The molecule has 5 heteroatoms. The van der Waals surface area contributed by atoms with E-state index >= 15 is 0 Å². The topological polar surface area (TPSA) is 58.1 Å². The Bertz CT molecular complexity index is 1030. The van der Waals surface area contributed by atoms with Crippen LogP contribution in [0.15, 0.2) is 42.5 Å². The van der Waals surface area contributed by atoms with Gasteiger partial charge in [0.05, 0.1) is 22.8 Å². The van der Waals surface area contributed by atoms with E-state index in [0.29, 0.717) is 19.5 Å². The van der Waals surface area contributed by atoms with Gasteiger partial charge in [-0.3, -0.25) is 14.8 Å². The molecule has 1 atom stereocenters. The predicted molar refractivity (Wildman–Crippen MR) is 111 cm³/mol. The Morgan fingerprint density at radius 3 is 2.61 bits per heavy atom. The van der Waals surface area contributed by atoms with Gasteiger partial charge >= 0.3 is 0 Å². The molecule has 144 valence electrons. The molecule has 2 heterocycles. The minimum atomic E-state index is 0.144. The highest BCUT2D eigenvalue weighted by Crippen LogP contribution is 2.22.